The Bertz CT molecular complexity index is 544. The molecule has 1 amide bonds. The van der Waals surface area contributed by atoms with Crippen molar-refractivity contribution in [1.29, 1.82) is 0 Å². The Hall–Kier alpha value is -2.50. The minimum Gasteiger partial charge on any atom is -0.381 e. The van der Waals surface area contributed by atoms with Gasteiger partial charge in [-0.3, -0.25) is 9.78 Å². The van der Waals surface area contributed by atoms with E-state index in [2.05, 4.69) is 15.3 Å². The molecule has 2 heterocycles. The van der Waals surface area contributed by atoms with Crippen molar-refractivity contribution in [2.75, 3.05) is 11.1 Å². The molecule has 2 rings (SSSR count). The van der Waals surface area contributed by atoms with E-state index in [4.69, 9.17) is 5.73 Å². The smallest absolute Gasteiger partial charge is 0.258 e. The summed E-state index contributed by atoms with van der Waals surface area (Å²) in [5.41, 5.74) is 5.66. The second kappa shape index (κ2) is 4.56. The molecule has 0 atom stereocenters. The molecule has 86 valence electrons. The number of nitrogens with one attached hydrogen (secondary N) is 1. The molecule has 0 unspecified atom stereocenters. The summed E-state index contributed by atoms with van der Waals surface area (Å²) in [6.45, 7) is 0. The van der Waals surface area contributed by atoms with E-state index in [1.807, 2.05) is 0 Å². The van der Waals surface area contributed by atoms with Crippen LogP contribution < -0.4 is 11.1 Å². The Balaban J connectivity index is 2.24. The SMILES string of the molecule is Nc1nccc(C(=O)Nc2ccncc2)c1F. The lowest BCUT2D eigenvalue weighted by Crippen LogP contribution is -2.15. The zero-order valence-electron chi connectivity index (χ0n) is 8.72. The van der Waals surface area contributed by atoms with Gasteiger partial charge in [0.25, 0.3) is 5.91 Å². The third-order valence-corrected chi connectivity index (χ3v) is 2.10. The number of nitrogens with zero attached hydrogens (tertiary/aromatic N) is 2. The number of carbonyl (C=O) groups excluding carboxylic acids is 1. The van der Waals surface area contributed by atoms with Crippen LogP contribution in [0.2, 0.25) is 0 Å². The number of pyridine rings is 2. The van der Waals surface area contributed by atoms with Crippen molar-refractivity contribution in [1.82, 2.24) is 9.97 Å². The molecular weight excluding hydrogens is 223 g/mol. The molecule has 0 aromatic carbocycles. The van der Waals surface area contributed by atoms with Gasteiger partial charge in [-0.1, -0.05) is 0 Å². The van der Waals surface area contributed by atoms with E-state index in [0.29, 0.717) is 5.69 Å². The predicted octanol–water partition coefficient (Wildman–Crippen LogP) is 1.45. The van der Waals surface area contributed by atoms with Crippen molar-refractivity contribution in [3.8, 4) is 0 Å². The number of amides is 1. The van der Waals surface area contributed by atoms with Gasteiger partial charge in [-0.15, -0.1) is 0 Å². The molecule has 6 heteroatoms. The van der Waals surface area contributed by atoms with Crippen LogP contribution in [-0.4, -0.2) is 15.9 Å². The molecule has 0 aliphatic carbocycles. The summed E-state index contributed by atoms with van der Waals surface area (Å²) in [5.74, 6) is -1.70. The van der Waals surface area contributed by atoms with Crippen LogP contribution in [0, 0.1) is 5.82 Å². The van der Waals surface area contributed by atoms with Gasteiger partial charge in [-0.2, -0.15) is 0 Å². The molecular formula is C11H9FN4O. The molecule has 17 heavy (non-hydrogen) atoms. The molecule has 0 fully saturated rings. The third kappa shape index (κ3) is 2.36. The summed E-state index contributed by atoms with van der Waals surface area (Å²) in [6.07, 6.45) is 4.32. The van der Waals surface area contributed by atoms with Crippen molar-refractivity contribution >= 4 is 17.4 Å². The van der Waals surface area contributed by atoms with Crippen molar-refractivity contribution in [2.24, 2.45) is 0 Å². The first-order chi connectivity index (χ1) is 8.18. The monoisotopic (exact) mass is 232 g/mol. The summed E-state index contributed by atoms with van der Waals surface area (Å²) in [7, 11) is 0. The summed E-state index contributed by atoms with van der Waals surface area (Å²) in [6, 6.07) is 4.46. The van der Waals surface area contributed by atoms with E-state index in [-0.39, 0.29) is 11.4 Å². The summed E-state index contributed by atoms with van der Waals surface area (Å²) < 4.78 is 13.5. The molecule has 5 nitrogen and oxygen atoms in total. The van der Waals surface area contributed by atoms with Gasteiger partial charge < -0.3 is 11.1 Å². The zero-order valence-corrected chi connectivity index (χ0v) is 8.72. The highest BCUT2D eigenvalue weighted by molar-refractivity contribution is 6.04. The van der Waals surface area contributed by atoms with Gasteiger partial charge in [0.1, 0.15) is 0 Å². The van der Waals surface area contributed by atoms with E-state index in [0.717, 1.165) is 0 Å². The number of aromatic nitrogens is 2. The molecule has 0 radical (unpaired) electrons. The molecule has 2 aromatic rings. The maximum Gasteiger partial charge on any atom is 0.258 e. The van der Waals surface area contributed by atoms with Crippen LogP contribution in [-0.2, 0) is 0 Å². The Morgan fingerprint density at radius 3 is 2.65 bits per heavy atom. The fourth-order valence-corrected chi connectivity index (χ4v) is 1.27. The zero-order chi connectivity index (χ0) is 12.3. The second-order valence-corrected chi connectivity index (χ2v) is 3.25. The molecule has 0 saturated carbocycles. The third-order valence-electron chi connectivity index (χ3n) is 2.10. The number of nitrogen functional groups attached to an aromatic ring is 1. The van der Waals surface area contributed by atoms with Crippen LogP contribution in [0.1, 0.15) is 10.4 Å². The van der Waals surface area contributed by atoms with E-state index in [1.54, 1.807) is 12.1 Å². The van der Waals surface area contributed by atoms with E-state index >= 15 is 0 Å². The topological polar surface area (TPSA) is 80.9 Å². The first-order valence-corrected chi connectivity index (χ1v) is 4.80. The first-order valence-electron chi connectivity index (χ1n) is 4.80. The summed E-state index contributed by atoms with van der Waals surface area (Å²) >= 11 is 0. The van der Waals surface area contributed by atoms with Crippen LogP contribution in [0.4, 0.5) is 15.9 Å². The molecule has 0 bridgehead atoms. The Kier molecular flexibility index (Phi) is 2.95. The average molecular weight is 232 g/mol. The predicted molar refractivity (Wildman–Crippen MR) is 60.8 cm³/mol. The number of carbonyl (C=O) groups is 1. The highest BCUT2D eigenvalue weighted by Crippen LogP contribution is 2.14. The molecule has 0 aliphatic rings. The highest BCUT2D eigenvalue weighted by atomic mass is 19.1. The van der Waals surface area contributed by atoms with Gasteiger partial charge >= 0.3 is 0 Å². The van der Waals surface area contributed by atoms with Gasteiger partial charge in [0.2, 0.25) is 0 Å². The minimum atomic E-state index is -0.820. The van der Waals surface area contributed by atoms with Gasteiger partial charge in [0.05, 0.1) is 5.56 Å². The number of rotatable bonds is 2. The minimum absolute atomic E-state index is 0.144. The number of halogens is 1. The van der Waals surface area contributed by atoms with E-state index in [1.165, 1.54) is 24.7 Å². The Labute approximate surface area is 96.5 Å². The molecule has 0 aliphatic heterocycles. The van der Waals surface area contributed by atoms with E-state index < -0.39 is 11.7 Å². The van der Waals surface area contributed by atoms with Crippen molar-refractivity contribution < 1.29 is 9.18 Å². The molecule has 0 saturated heterocycles. The lowest BCUT2D eigenvalue weighted by Gasteiger charge is -2.06. The van der Waals surface area contributed by atoms with Gasteiger partial charge in [-0.05, 0) is 18.2 Å². The van der Waals surface area contributed by atoms with Gasteiger partial charge in [-0.25, -0.2) is 9.37 Å². The van der Waals surface area contributed by atoms with Crippen LogP contribution in [0.3, 0.4) is 0 Å². The normalized spacial score (nSPS) is 9.94. The second-order valence-electron chi connectivity index (χ2n) is 3.25. The van der Waals surface area contributed by atoms with E-state index in [9.17, 15) is 9.18 Å². The lowest BCUT2D eigenvalue weighted by molar-refractivity contribution is 0.102. The highest BCUT2D eigenvalue weighted by Gasteiger charge is 2.14. The fourth-order valence-electron chi connectivity index (χ4n) is 1.27. The lowest BCUT2D eigenvalue weighted by atomic mass is 10.2. The molecule has 2 aromatic heterocycles. The number of hydrogen-bond acceptors (Lipinski definition) is 4. The van der Waals surface area contributed by atoms with Crippen LogP contribution in [0.25, 0.3) is 0 Å². The Morgan fingerprint density at radius 1 is 1.24 bits per heavy atom. The maximum absolute atomic E-state index is 13.5. The van der Waals surface area contributed by atoms with Gasteiger partial charge in [0.15, 0.2) is 11.6 Å². The van der Waals surface area contributed by atoms with Gasteiger partial charge in [0, 0.05) is 24.3 Å². The van der Waals surface area contributed by atoms with Crippen LogP contribution in [0.15, 0.2) is 36.8 Å². The van der Waals surface area contributed by atoms with Crippen molar-refractivity contribution in [3.63, 3.8) is 0 Å². The van der Waals surface area contributed by atoms with Crippen LogP contribution >= 0.6 is 0 Å². The number of hydrogen-bond donors (Lipinski definition) is 2. The molecule has 3 N–H and O–H groups in total. The average Bonchev–Trinajstić information content (AvgIpc) is 2.34. The van der Waals surface area contributed by atoms with Crippen molar-refractivity contribution in [2.45, 2.75) is 0 Å². The quantitative estimate of drug-likeness (QED) is 0.821. The summed E-state index contributed by atoms with van der Waals surface area (Å²) in [5, 5.41) is 2.52. The summed E-state index contributed by atoms with van der Waals surface area (Å²) in [4.78, 5) is 19.1. The fraction of sp³-hybridized carbons (Fsp3) is 0. The first kappa shape index (κ1) is 11.0. The number of nitrogens with two attached hydrogens (primary N) is 1. The largest absolute Gasteiger partial charge is 0.381 e. The van der Waals surface area contributed by atoms with Crippen molar-refractivity contribution in [3.05, 3.63) is 48.2 Å². The Morgan fingerprint density at radius 2 is 1.94 bits per heavy atom. The standard InChI is InChI=1S/C11H9FN4O/c12-9-8(3-6-15-10(9)13)11(17)16-7-1-4-14-5-2-7/h1-6H,(H2,13,15)(H,14,16,17). The maximum atomic E-state index is 13.5. The number of anilines is 2. The van der Waals surface area contributed by atoms with Crippen LogP contribution in [0.5, 0.6) is 0 Å². The molecule has 0 spiro atoms.